The second-order valence-corrected chi connectivity index (χ2v) is 4.98. The molecule has 0 aliphatic heterocycles. The number of nitrogens with one attached hydrogen (secondary N) is 1. The van der Waals surface area contributed by atoms with Crippen LogP contribution in [0.3, 0.4) is 0 Å². The molecule has 14 heavy (non-hydrogen) atoms. The highest BCUT2D eigenvalue weighted by Crippen LogP contribution is 2.55. The molecule has 2 aliphatic rings. The number of rotatable bonds is 6. The lowest BCUT2D eigenvalue weighted by Crippen LogP contribution is -2.40. The zero-order valence-corrected chi connectivity index (χ0v) is 8.91. The molecule has 2 heteroatoms. The minimum atomic E-state index is 0.558. The summed E-state index contributed by atoms with van der Waals surface area (Å²) >= 11 is 0. The van der Waals surface area contributed by atoms with Gasteiger partial charge in [0.2, 0.25) is 0 Å². The molecule has 0 saturated heterocycles. The first-order chi connectivity index (χ1) is 6.85. The van der Waals surface area contributed by atoms with Crippen LogP contribution in [0, 0.1) is 17.8 Å². The highest BCUT2D eigenvalue weighted by atomic mass is 15.2. The summed E-state index contributed by atoms with van der Waals surface area (Å²) in [6.45, 7) is 3.75. The summed E-state index contributed by atoms with van der Waals surface area (Å²) in [6, 6.07) is 0.558. The number of allylic oxidation sites excluding steroid dienone is 1. The Labute approximate surface area is 86.9 Å². The van der Waals surface area contributed by atoms with Gasteiger partial charge in [-0.15, -0.1) is 6.58 Å². The van der Waals surface area contributed by atoms with Gasteiger partial charge in [-0.1, -0.05) is 6.08 Å². The summed E-state index contributed by atoms with van der Waals surface area (Å²) in [7, 11) is 0. The molecule has 3 atom stereocenters. The van der Waals surface area contributed by atoms with Gasteiger partial charge in [0, 0.05) is 6.04 Å². The van der Waals surface area contributed by atoms with Gasteiger partial charge in [0.25, 0.3) is 0 Å². The van der Waals surface area contributed by atoms with Gasteiger partial charge >= 0.3 is 0 Å². The molecule has 3 unspecified atom stereocenters. The Morgan fingerprint density at radius 1 is 1.36 bits per heavy atom. The van der Waals surface area contributed by atoms with Crippen LogP contribution in [0.4, 0.5) is 0 Å². The Balaban J connectivity index is 1.72. The minimum absolute atomic E-state index is 0.558. The normalized spacial score (nSPS) is 36.5. The van der Waals surface area contributed by atoms with Gasteiger partial charge in [-0.25, -0.2) is 0 Å². The Bertz CT molecular complexity index is 192. The summed E-state index contributed by atoms with van der Waals surface area (Å²) in [4.78, 5) is 0. The summed E-state index contributed by atoms with van der Waals surface area (Å²) in [5, 5.41) is 0. The Hall–Kier alpha value is -0.340. The fraction of sp³-hybridized carbons (Fsp3) is 0.833. The predicted molar refractivity (Wildman–Crippen MR) is 59.5 cm³/mol. The van der Waals surface area contributed by atoms with Crippen LogP contribution in [-0.2, 0) is 0 Å². The van der Waals surface area contributed by atoms with Crippen LogP contribution in [0.25, 0.3) is 0 Å². The van der Waals surface area contributed by atoms with Crippen molar-refractivity contribution >= 4 is 0 Å². The molecule has 2 fully saturated rings. The SMILES string of the molecule is C=CCCCC(NN)C1CC2CC2C1. The monoisotopic (exact) mass is 194 g/mol. The van der Waals surface area contributed by atoms with E-state index in [1.807, 2.05) is 6.08 Å². The van der Waals surface area contributed by atoms with E-state index in [0.29, 0.717) is 6.04 Å². The van der Waals surface area contributed by atoms with Crippen molar-refractivity contribution in [1.82, 2.24) is 5.43 Å². The van der Waals surface area contributed by atoms with E-state index in [9.17, 15) is 0 Å². The largest absolute Gasteiger partial charge is 0.271 e. The fourth-order valence-corrected chi connectivity index (χ4v) is 3.03. The van der Waals surface area contributed by atoms with Crippen molar-refractivity contribution < 1.29 is 0 Å². The van der Waals surface area contributed by atoms with Crippen LogP contribution in [0.15, 0.2) is 12.7 Å². The van der Waals surface area contributed by atoms with Gasteiger partial charge in [0.15, 0.2) is 0 Å². The Morgan fingerprint density at radius 3 is 2.64 bits per heavy atom. The van der Waals surface area contributed by atoms with Crippen LogP contribution in [-0.4, -0.2) is 6.04 Å². The van der Waals surface area contributed by atoms with Gasteiger partial charge in [-0.2, -0.15) is 0 Å². The van der Waals surface area contributed by atoms with E-state index in [1.54, 1.807) is 0 Å². The first-order valence-electron chi connectivity index (χ1n) is 5.92. The third kappa shape index (κ3) is 2.18. The maximum atomic E-state index is 5.62. The first-order valence-corrected chi connectivity index (χ1v) is 5.92. The molecule has 0 bridgehead atoms. The van der Waals surface area contributed by atoms with E-state index >= 15 is 0 Å². The van der Waals surface area contributed by atoms with E-state index in [0.717, 1.165) is 24.2 Å². The average molecular weight is 194 g/mol. The minimum Gasteiger partial charge on any atom is -0.271 e. The standard InChI is InChI=1S/C12H22N2/c1-2-3-4-5-12(14-13)11-7-9-6-10(9)8-11/h2,9-12,14H,1,3-8,13H2. The molecule has 2 nitrogen and oxygen atoms in total. The van der Waals surface area contributed by atoms with Crippen LogP contribution in [0.1, 0.15) is 38.5 Å². The molecule has 2 rings (SSSR count). The van der Waals surface area contributed by atoms with E-state index in [-0.39, 0.29) is 0 Å². The summed E-state index contributed by atoms with van der Waals surface area (Å²) in [6.07, 6.45) is 9.91. The molecule has 0 aromatic rings. The lowest BCUT2D eigenvalue weighted by Gasteiger charge is -2.23. The molecule has 2 saturated carbocycles. The van der Waals surface area contributed by atoms with Gasteiger partial charge in [0.05, 0.1) is 0 Å². The van der Waals surface area contributed by atoms with Crippen molar-refractivity contribution in [2.24, 2.45) is 23.6 Å². The predicted octanol–water partition coefficient (Wildman–Crippen LogP) is 2.22. The van der Waals surface area contributed by atoms with E-state index in [2.05, 4.69) is 12.0 Å². The average Bonchev–Trinajstić information content (AvgIpc) is 2.81. The van der Waals surface area contributed by atoms with E-state index < -0.39 is 0 Å². The number of nitrogens with two attached hydrogens (primary N) is 1. The molecule has 0 spiro atoms. The van der Waals surface area contributed by atoms with Gasteiger partial charge in [0.1, 0.15) is 0 Å². The number of hydrogen-bond acceptors (Lipinski definition) is 2. The van der Waals surface area contributed by atoms with Crippen molar-refractivity contribution in [3.8, 4) is 0 Å². The van der Waals surface area contributed by atoms with Crippen LogP contribution in [0.2, 0.25) is 0 Å². The van der Waals surface area contributed by atoms with Crippen molar-refractivity contribution in [2.45, 2.75) is 44.6 Å². The smallest absolute Gasteiger partial charge is 0.0239 e. The first kappa shape index (κ1) is 10.2. The van der Waals surface area contributed by atoms with Gasteiger partial charge in [-0.3, -0.25) is 11.3 Å². The summed E-state index contributed by atoms with van der Waals surface area (Å²) in [5.74, 6) is 8.60. The Morgan fingerprint density at radius 2 is 2.07 bits per heavy atom. The molecule has 2 aliphatic carbocycles. The third-order valence-electron chi connectivity index (χ3n) is 3.99. The molecular weight excluding hydrogens is 172 g/mol. The van der Waals surface area contributed by atoms with E-state index in [1.165, 1.54) is 32.1 Å². The maximum Gasteiger partial charge on any atom is 0.0239 e. The topological polar surface area (TPSA) is 38.0 Å². The van der Waals surface area contributed by atoms with Crippen molar-refractivity contribution in [1.29, 1.82) is 0 Å². The third-order valence-corrected chi connectivity index (χ3v) is 3.99. The molecule has 0 aromatic heterocycles. The molecule has 3 N–H and O–H groups in total. The highest BCUT2D eigenvalue weighted by molar-refractivity contribution is 4.98. The summed E-state index contributed by atoms with van der Waals surface area (Å²) < 4.78 is 0. The zero-order chi connectivity index (χ0) is 9.97. The molecule has 0 heterocycles. The quantitative estimate of drug-likeness (QED) is 0.294. The lowest BCUT2D eigenvalue weighted by molar-refractivity contribution is 0.317. The highest BCUT2D eigenvalue weighted by Gasteiger charge is 2.47. The van der Waals surface area contributed by atoms with Crippen molar-refractivity contribution in [3.05, 3.63) is 12.7 Å². The van der Waals surface area contributed by atoms with Crippen molar-refractivity contribution in [2.75, 3.05) is 0 Å². The van der Waals surface area contributed by atoms with E-state index in [4.69, 9.17) is 5.84 Å². The number of unbranched alkanes of at least 4 members (excludes halogenated alkanes) is 1. The molecule has 0 aromatic carbocycles. The second kappa shape index (κ2) is 4.45. The second-order valence-electron chi connectivity index (χ2n) is 4.98. The number of fused-ring (bicyclic) bond motifs is 1. The lowest BCUT2D eigenvalue weighted by atomic mass is 9.91. The number of hydrogen-bond donors (Lipinski definition) is 2. The molecule has 0 radical (unpaired) electrons. The van der Waals surface area contributed by atoms with Gasteiger partial charge < -0.3 is 0 Å². The summed E-state index contributed by atoms with van der Waals surface area (Å²) in [5.41, 5.74) is 3.01. The fourth-order valence-electron chi connectivity index (χ4n) is 3.03. The van der Waals surface area contributed by atoms with Crippen molar-refractivity contribution in [3.63, 3.8) is 0 Å². The van der Waals surface area contributed by atoms with Crippen LogP contribution >= 0.6 is 0 Å². The maximum absolute atomic E-state index is 5.62. The van der Waals surface area contributed by atoms with Gasteiger partial charge in [-0.05, 0) is 56.3 Å². The zero-order valence-electron chi connectivity index (χ0n) is 8.91. The van der Waals surface area contributed by atoms with Crippen LogP contribution in [0.5, 0.6) is 0 Å². The molecule has 0 amide bonds. The Kier molecular flexibility index (Phi) is 3.24. The number of hydrazine groups is 1. The van der Waals surface area contributed by atoms with Crippen LogP contribution < -0.4 is 11.3 Å². The molecule has 80 valence electrons. The molecular formula is C12H22N2.